The van der Waals surface area contributed by atoms with Crippen molar-refractivity contribution in [3.63, 3.8) is 0 Å². The maximum absolute atomic E-state index is 6.01. The van der Waals surface area contributed by atoms with Crippen LogP contribution in [-0.2, 0) is 11.2 Å². The monoisotopic (exact) mass is 257 g/mol. The molecule has 0 bridgehead atoms. The minimum atomic E-state index is 0.234. The van der Waals surface area contributed by atoms with Gasteiger partial charge in [-0.1, -0.05) is 31.2 Å². The first-order valence-corrected chi connectivity index (χ1v) is 7.68. The van der Waals surface area contributed by atoms with Gasteiger partial charge in [-0.25, -0.2) is 0 Å². The minimum absolute atomic E-state index is 0.234. The quantitative estimate of drug-likeness (QED) is 0.808. The molecule has 1 aromatic carbocycles. The van der Waals surface area contributed by atoms with Gasteiger partial charge in [0.15, 0.2) is 0 Å². The summed E-state index contributed by atoms with van der Waals surface area (Å²) in [5, 5.41) is 0. The van der Waals surface area contributed by atoms with E-state index in [0.29, 0.717) is 0 Å². The van der Waals surface area contributed by atoms with Crippen molar-refractivity contribution in [2.75, 3.05) is 26.2 Å². The number of ether oxygens (including phenoxy) is 1. The highest BCUT2D eigenvalue weighted by Crippen LogP contribution is 2.40. The molecule has 1 spiro atoms. The highest BCUT2D eigenvalue weighted by molar-refractivity contribution is 5.35. The lowest BCUT2D eigenvalue weighted by atomic mass is 9.86. The molecule has 4 rings (SSSR count). The fraction of sp³-hybridized carbons (Fsp3) is 0.647. The second-order valence-corrected chi connectivity index (χ2v) is 6.91. The van der Waals surface area contributed by atoms with Crippen LogP contribution in [0.2, 0.25) is 0 Å². The van der Waals surface area contributed by atoms with Gasteiger partial charge in [0.1, 0.15) is 0 Å². The summed E-state index contributed by atoms with van der Waals surface area (Å²) in [6.45, 7) is 6.84. The summed E-state index contributed by atoms with van der Waals surface area (Å²) < 4.78 is 6.01. The average Bonchev–Trinajstić information content (AvgIpc) is 2.94. The van der Waals surface area contributed by atoms with Gasteiger partial charge in [-0.05, 0) is 42.2 Å². The van der Waals surface area contributed by atoms with E-state index < -0.39 is 0 Å². The molecular formula is C17H23NO. The topological polar surface area (TPSA) is 12.5 Å². The highest BCUT2D eigenvalue weighted by Gasteiger charge is 2.48. The zero-order valence-electron chi connectivity index (χ0n) is 11.8. The Morgan fingerprint density at radius 3 is 2.95 bits per heavy atom. The minimum Gasteiger partial charge on any atom is -0.372 e. The number of benzene rings is 1. The molecule has 0 N–H and O–H groups in total. The van der Waals surface area contributed by atoms with Crippen molar-refractivity contribution in [3.8, 4) is 0 Å². The molecule has 2 saturated heterocycles. The van der Waals surface area contributed by atoms with E-state index in [1.54, 1.807) is 11.1 Å². The summed E-state index contributed by atoms with van der Waals surface area (Å²) in [4.78, 5) is 2.60. The van der Waals surface area contributed by atoms with Crippen LogP contribution < -0.4 is 0 Å². The first-order valence-electron chi connectivity index (χ1n) is 7.68. The molecule has 0 amide bonds. The van der Waals surface area contributed by atoms with E-state index in [9.17, 15) is 0 Å². The van der Waals surface area contributed by atoms with Gasteiger partial charge in [-0.15, -0.1) is 0 Å². The first-order chi connectivity index (χ1) is 9.24. The number of hydrogen-bond acceptors (Lipinski definition) is 2. The SMILES string of the molecule is C[C@@H]1COC2(C1)CN(CC1CCc3ccccc31)C2. The molecule has 0 radical (unpaired) electrons. The van der Waals surface area contributed by atoms with E-state index in [-0.39, 0.29) is 5.60 Å². The summed E-state index contributed by atoms with van der Waals surface area (Å²) in [6, 6.07) is 9.00. The molecule has 2 atom stereocenters. The van der Waals surface area contributed by atoms with Crippen LogP contribution in [0.5, 0.6) is 0 Å². The van der Waals surface area contributed by atoms with Crippen molar-refractivity contribution < 1.29 is 4.74 Å². The van der Waals surface area contributed by atoms with Gasteiger partial charge in [0.05, 0.1) is 12.2 Å². The van der Waals surface area contributed by atoms with E-state index in [0.717, 1.165) is 31.5 Å². The predicted molar refractivity (Wildman–Crippen MR) is 76.4 cm³/mol. The van der Waals surface area contributed by atoms with Crippen LogP contribution in [0.3, 0.4) is 0 Å². The third-order valence-electron chi connectivity index (χ3n) is 5.15. The third-order valence-corrected chi connectivity index (χ3v) is 5.15. The Morgan fingerprint density at radius 1 is 1.32 bits per heavy atom. The fourth-order valence-corrected chi connectivity index (χ4v) is 4.34. The van der Waals surface area contributed by atoms with Crippen LogP contribution in [0.4, 0.5) is 0 Å². The van der Waals surface area contributed by atoms with Crippen LogP contribution in [0.1, 0.15) is 36.8 Å². The Morgan fingerprint density at radius 2 is 2.16 bits per heavy atom. The number of likely N-dealkylation sites (tertiary alicyclic amines) is 1. The van der Waals surface area contributed by atoms with E-state index in [1.165, 1.54) is 25.8 Å². The zero-order chi connectivity index (χ0) is 12.9. The van der Waals surface area contributed by atoms with E-state index in [2.05, 4.69) is 36.1 Å². The zero-order valence-corrected chi connectivity index (χ0v) is 11.8. The van der Waals surface area contributed by atoms with Gasteiger partial charge in [-0.2, -0.15) is 0 Å². The molecule has 2 heterocycles. The molecule has 0 aromatic heterocycles. The Hall–Kier alpha value is -0.860. The lowest BCUT2D eigenvalue weighted by Crippen LogP contribution is -2.62. The second-order valence-electron chi connectivity index (χ2n) is 6.91. The summed E-state index contributed by atoms with van der Waals surface area (Å²) in [6.07, 6.45) is 3.87. The predicted octanol–water partition coefficient (Wildman–Crippen LogP) is 2.83. The van der Waals surface area contributed by atoms with Crippen molar-refractivity contribution in [1.29, 1.82) is 0 Å². The molecule has 1 aliphatic carbocycles. The van der Waals surface area contributed by atoms with Crippen molar-refractivity contribution in [2.45, 2.75) is 37.7 Å². The van der Waals surface area contributed by atoms with E-state index >= 15 is 0 Å². The molecule has 0 saturated carbocycles. The Kier molecular flexibility index (Phi) is 2.71. The highest BCUT2D eigenvalue weighted by atomic mass is 16.5. The van der Waals surface area contributed by atoms with Gasteiger partial charge in [0, 0.05) is 19.6 Å². The van der Waals surface area contributed by atoms with Crippen molar-refractivity contribution in [2.24, 2.45) is 5.92 Å². The number of nitrogens with zero attached hydrogens (tertiary/aromatic N) is 1. The average molecular weight is 257 g/mol. The molecule has 1 unspecified atom stereocenters. The maximum Gasteiger partial charge on any atom is 0.0938 e. The molecule has 2 nitrogen and oxygen atoms in total. The van der Waals surface area contributed by atoms with Crippen molar-refractivity contribution in [3.05, 3.63) is 35.4 Å². The van der Waals surface area contributed by atoms with Crippen molar-refractivity contribution >= 4 is 0 Å². The summed E-state index contributed by atoms with van der Waals surface area (Å²) in [7, 11) is 0. The number of fused-ring (bicyclic) bond motifs is 1. The largest absolute Gasteiger partial charge is 0.372 e. The number of rotatable bonds is 2. The van der Waals surface area contributed by atoms with E-state index in [1.807, 2.05) is 0 Å². The molecular weight excluding hydrogens is 234 g/mol. The normalized spacial score (nSPS) is 32.5. The standard InChI is InChI=1S/C17H23NO/c1-13-8-17(19-10-13)11-18(12-17)9-15-7-6-14-4-2-3-5-16(14)15/h2-5,13,15H,6-12H2,1H3/t13-,15?/m0/s1. The lowest BCUT2D eigenvalue weighted by molar-refractivity contribution is -0.112. The van der Waals surface area contributed by atoms with Crippen LogP contribution in [0.15, 0.2) is 24.3 Å². The molecule has 1 aromatic rings. The molecule has 2 heteroatoms. The Bertz CT molecular complexity index is 478. The van der Waals surface area contributed by atoms with Crippen LogP contribution in [0, 0.1) is 5.92 Å². The van der Waals surface area contributed by atoms with Gasteiger partial charge in [-0.3, -0.25) is 4.90 Å². The molecule has 3 aliphatic rings. The smallest absolute Gasteiger partial charge is 0.0938 e. The van der Waals surface area contributed by atoms with Crippen LogP contribution in [-0.4, -0.2) is 36.7 Å². The summed E-state index contributed by atoms with van der Waals surface area (Å²) >= 11 is 0. The third kappa shape index (κ3) is 2.02. The van der Waals surface area contributed by atoms with Gasteiger partial charge in [0.2, 0.25) is 0 Å². The Labute approximate surface area is 115 Å². The van der Waals surface area contributed by atoms with Gasteiger partial charge < -0.3 is 4.74 Å². The molecule has 19 heavy (non-hydrogen) atoms. The van der Waals surface area contributed by atoms with Gasteiger partial charge >= 0.3 is 0 Å². The fourth-order valence-electron chi connectivity index (χ4n) is 4.34. The number of aryl methyl sites for hydroxylation is 1. The summed E-state index contributed by atoms with van der Waals surface area (Å²) in [5.41, 5.74) is 3.41. The lowest BCUT2D eigenvalue weighted by Gasteiger charge is -2.48. The molecule has 2 fully saturated rings. The van der Waals surface area contributed by atoms with Crippen LogP contribution in [0.25, 0.3) is 0 Å². The second kappa shape index (κ2) is 4.32. The first kappa shape index (κ1) is 11.9. The number of hydrogen-bond donors (Lipinski definition) is 0. The van der Waals surface area contributed by atoms with Crippen LogP contribution >= 0.6 is 0 Å². The molecule has 2 aliphatic heterocycles. The van der Waals surface area contributed by atoms with Crippen molar-refractivity contribution in [1.82, 2.24) is 4.90 Å². The van der Waals surface area contributed by atoms with E-state index in [4.69, 9.17) is 4.74 Å². The maximum atomic E-state index is 6.01. The summed E-state index contributed by atoms with van der Waals surface area (Å²) in [5.74, 6) is 1.52. The Balaban J connectivity index is 1.38. The molecule has 102 valence electrons. The van der Waals surface area contributed by atoms with Gasteiger partial charge in [0.25, 0.3) is 0 Å².